The van der Waals surface area contributed by atoms with Gasteiger partial charge in [0.25, 0.3) is 5.91 Å². The van der Waals surface area contributed by atoms with Gasteiger partial charge in [-0.25, -0.2) is 0 Å². The molecular formula is C19H18ClN3O2. The number of carbonyl (C=O) groups excluding carboxylic acids is 1. The van der Waals surface area contributed by atoms with Crippen molar-refractivity contribution in [3.63, 3.8) is 0 Å². The molecule has 0 unspecified atom stereocenters. The van der Waals surface area contributed by atoms with Crippen LogP contribution in [0.4, 0.5) is 0 Å². The molecule has 0 aliphatic heterocycles. The zero-order valence-corrected chi connectivity index (χ0v) is 14.5. The number of aromatic amines is 1. The van der Waals surface area contributed by atoms with E-state index in [0.717, 1.165) is 16.7 Å². The van der Waals surface area contributed by atoms with Crippen LogP contribution >= 0.6 is 11.6 Å². The molecule has 5 nitrogen and oxygen atoms in total. The maximum atomic E-state index is 12.3. The predicted octanol–water partition coefficient (Wildman–Crippen LogP) is 3.81. The Hall–Kier alpha value is -2.63. The Morgan fingerprint density at radius 2 is 1.92 bits per heavy atom. The van der Waals surface area contributed by atoms with Crippen molar-refractivity contribution in [2.45, 2.75) is 13.2 Å². The highest BCUT2D eigenvalue weighted by atomic mass is 35.5. The lowest BCUT2D eigenvalue weighted by Gasteiger charge is -2.05. The van der Waals surface area contributed by atoms with Crippen molar-refractivity contribution in [3.8, 4) is 11.3 Å². The summed E-state index contributed by atoms with van der Waals surface area (Å²) >= 11 is 5.99. The highest BCUT2D eigenvalue weighted by Crippen LogP contribution is 2.21. The number of halogens is 1. The van der Waals surface area contributed by atoms with E-state index < -0.39 is 0 Å². The van der Waals surface area contributed by atoms with E-state index >= 15 is 0 Å². The Kier molecular flexibility index (Phi) is 5.48. The van der Waals surface area contributed by atoms with E-state index in [1.54, 1.807) is 25.3 Å². The first-order valence-corrected chi connectivity index (χ1v) is 8.20. The molecule has 0 saturated heterocycles. The van der Waals surface area contributed by atoms with Gasteiger partial charge in [0.2, 0.25) is 0 Å². The number of ether oxygens (including phenoxy) is 1. The summed E-state index contributed by atoms with van der Waals surface area (Å²) in [4.78, 5) is 12.3. The molecule has 0 atom stereocenters. The molecule has 1 aromatic heterocycles. The summed E-state index contributed by atoms with van der Waals surface area (Å²) in [5.41, 5.74) is 4.05. The van der Waals surface area contributed by atoms with E-state index in [1.165, 1.54) is 0 Å². The van der Waals surface area contributed by atoms with Crippen LogP contribution in [0, 0.1) is 0 Å². The Morgan fingerprint density at radius 3 is 2.64 bits per heavy atom. The van der Waals surface area contributed by atoms with Gasteiger partial charge in [-0.2, -0.15) is 5.10 Å². The summed E-state index contributed by atoms with van der Waals surface area (Å²) in [6.45, 7) is 1.02. The third-order valence-electron chi connectivity index (χ3n) is 3.73. The van der Waals surface area contributed by atoms with Crippen LogP contribution in [-0.4, -0.2) is 23.2 Å². The zero-order valence-electron chi connectivity index (χ0n) is 13.8. The fraction of sp³-hybridized carbons (Fsp3) is 0.158. The summed E-state index contributed by atoms with van der Waals surface area (Å²) < 4.78 is 5.08. The second kappa shape index (κ2) is 7.96. The lowest BCUT2D eigenvalue weighted by atomic mass is 10.1. The summed E-state index contributed by atoms with van der Waals surface area (Å²) in [5.74, 6) is -0.207. The highest BCUT2D eigenvalue weighted by molar-refractivity contribution is 6.30. The van der Waals surface area contributed by atoms with Gasteiger partial charge in [0.1, 0.15) is 5.69 Å². The number of H-pyrrole nitrogens is 1. The number of methoxy groups -OCH3 is 1. The van der Waals surface area contributed by atoms with E-state index in [9.17, 15) is 4.79 Å². The normalized spacial score (nSPS) is 10.6. The Labute approximate surface area is 151 Å². The molecule has 0 fully saturated rings. The Bertz CT molecular complexity index is 859. The van der Waals surface area contributed by atoms with Gasteiger partial charge in [-0.1, -0.05) is 48.0 Å². The van der Waals surface area contributed by atoms with Gasteiger partial charge in [0.05, 0.1) is 12.3 Å². The van der Waals surface area contributed by atoms with Gasteiger partial charge in [-0.15, -0.1) is 0 Å². The van der Waals surface area contributed by atoms with Crippen molar-refractivity contribution < 1.29 is 9.53 Å². The smallest absolute Gasteiger partial charge is 0.269 e. The van der Waals surface area contributed by atoms with Crippen LogP contribution in [0.5, 0.6) is 0 Å². The molecule has 25 heavy (non-hydrogen) atoms. The SMILES string of the molecule is COCc1ccc(CNC(=O)c2cc(-c3cccc(Cl)c3)n[nH]2)cc1. The van der Waals surface area contributed by atoms with Crippen molar-refractivity contribution in [1.29, 1.82) is 0 Å². The molecule has 1 heterocycles. The van der Waals surface area contributed by atoms with E-state index in [1.807, 2.05) is 36.4 Å². The molecule has 128 valence electrons. The Balaban J connectivity index is 1.62. The van der Waals surface area contributed by atoms with Crippen LogP contribution in [0.3, 0.4) is 0 Å². The fourth-order valence-electron chi connectivity index (χ4n) is 2.43. The lowest BCUT2D eigenvalue weighted by molar-refractivity contribution is 0.0946. The van der Waals surface area contributed by atoms with Gasteiger partial charge in [0, 0.05) is 24.2 Å². The van der Waals surface area contributed by atoms with Gasteiger partial charge >= 0.3 is 0 Å². The molecule has 0 aliphatic carbocycles. The summed E-state index contributed by atoms with van der Waals surface area (Å²) in [6.07, 6.45) is 0. The van der Waals surface area contributed by atoms with Crippen LogP contribution in [0.15, 0.2) is 54.6 Å². The maximum Gasteiger partial charge on any atom is 0.269 e. The molecule has 3 rings (SSSR count). The molecule has 0 spiro atoms. The fourth-order valence-corrected chi connectivity index (χ4v) is 2.62. The van der Waals surface area contributed by atoms with Crippen molar-refractivity contribution in [2.24, 2.45) is 0 Å². The number of nitrogens with zero attached hydrogens (tertiary/aromatic N) is 1. The predicted molar refractivity (Wildman–Crippen MR) is 97.4 cm³/mol. The first-order valence-electron chi connectivity index (χ1n) is 7.82. The number of amides is 1. The third-order valence-corrected chi connectivity index (χ3v) is 3.97. The quantitative estimate of drug-likeness (QED) is 0.706. The van der Waals surface area contributed by atoms with Crippen molar-refractivity contribution >= 4 is 17.5 Å². The third kappa shape index (κ3) is 4.47. The topological polar surface area (TPSA) is 67.0 Å². The number of carbonyl (C=O) groups is 1. The van der Waals surface area contributed by atoms with E-state index in [0.29, 0.717) is 29.6 Å². The molecule has 2 N–H and O–H groups in total. The first-order chi connectivity index (χ1) is 12.2. The van der Waals surface area contributed by atoms with Crippen molar-refractivity contribution in [1.82, 2.24) is 15.5 Å². The van der Waals surface area contributed by atoms with E-state index in [-0.39, 0.29) is 5.91 Å². The molecule has 0 bridgehead atoms. The summed E-state index contributed by atoms with van der Waals surface area (Å²) in [5, 5.41) is 10.4. The van der Waals surface area contributed by atoms with Crippen LogP contribution < -0.4 is 5.32 Å². The average molecular weight is 356 g/mol. The van der Waals surface area contributed by atoms with Gasteiger partial charge < -0.3 is 10.1 Å². The minimum Gasteiger partial charge on any atom is -0.380 e. The van der Waals surface area contributed by atoms with E-state index in [2.05, 4.69) is 15.5 Å². The maximum absolute atomic E-state index is 12.3. The number of rotatable bonds is 6. The second-order valence-electron chi connectivity index (χ2n) is 5.61. The standard InChI is InChI=1S/C19H18ClN3O2/c1-25-12-14-7-5-13(6-8-14)11-21-19(24)18-10-17(22-23-18)15-3-2-4-16(20)9-15/h2-10H,11-12H2,1H3,(H,21,24)(H,22,23). The number of hydrogen-bond donors (Lipinski definition) is 2. The Morgan fingerprint density at radius 1 is 1.16 bits per heavy atom. The number of benzene rings is 2. The molecular weight excluding hydrogens is 338 g/mol. The number of aromatic nitrogens is 2. The molecule has 2 aromatic carbocycles. The second-order valence-corrected chi connectivity index (χ2v) is 6.05. The molecule has 0 aliphatic rings. The summed E-state index contributed by atoms with van der Waals surface area (Å²) in [7, 11) is 1.66. The highest BCUT2D eigenvalue weighted by Gasteiger charge is 2.11. The lowest BCUT2D eigenvalue weighted by Crippen LogP contribution is -2.23. The number of nitrogens with one attached hydrogen (secondary N) is 2. The zero-order chi connectivity index (χ0) is 17.6. The van der Waals surface area contributed by atoms with Gasteiger partial charge in [-0.05, 0) is 29.3 Å². The minimum atomic E-state index is -0.207. The molecule has 1 amide bonds. The van der Waals surface area contributed by atoms with Crippen molar-refractivity contribution in [2.75, 3.05) is 7.11 Å². The number of hydrogen-bond acceptors (Lipinski definition) is 3. The average Bonchev–Trinajstić information content (AvgIpc) is 3.11. The van der Waals surface area contributed by atoms with E-state index in [4.69, 9.17) is 16.3 Å². The van der Waals surface area contributed by atoms with Gasteiger partial charge in [0.15, 0.2) is 0 Å². The minimum absolute atomic E-state index is 0.207. The van der Waals surface area contributed by atoms with Crippen LogP contribution in [0.2, 0.25) is 5.02 Å². The van der Waals surface area contributed by atoms with Crippen molar-refractivity contribution in [3.05, 3.63) is 76.4 Å². The first kappa shape index (κ1) is 17.2. The molecule has 0 radical (unpaired) electrons. The van der Waals surface area contributed by atoms with Crippen LogP contribution in [0.1, 0.15) is 21.6 Å². The molecule has 0 saturated carbocycles. The molecule has 3 aromatic rings. The summed E-state index contributed by atoms with van der Waals surface area (Å²) in [6, 6.07) is 17.0. The van der Waals surface area contributed by atoms with Crippen LogP contribution in [0.25, 0.3) is 11.3 Å². The molecule has 6 heteroatoms. The largest absolute Gasteiger partial charge is 0.380 e. The monoisotopic (exact) mass is 355 g/mol. The van der Waals surface area contributed by atoms with Gasteiger partial charge in [-0.3, -0.25) is 9.89 Å². The van der Waals surface area contributed by atoms with Crippen LogP contribution in [-0.2, 0) is 17.9 Å².